The first-order chi connectivity index (χ1) is 14.9. The van der Waals surface area contributed by atoms with Crippen molar-refractivity contribution in [2.45, 2.75) is 81.9 Å². The Labute approximate surface area is 194 Å². The van der Waals surface area contributed by atoms with Gasteiger partial charge >= 0.3 is 0 Å². The second kappa shape index (κ2) is 9.77. The highest BCUT2D eigenvalue weighted by molar-refractivity contribution is 7.86. The summed E-state index contributed by atoms with van der Waals surface area (Å²) < 4.78 is 43.8. The zero-order valence-corrected chi connectivity index (χ0v) is 21.8. The maximum absolute atomic E-state index is 12.7. The summed E-state index contributed by atoms with van der Waals surface area (Å²) in [6, 6.07) is 16.7. The third-order valence-corrected chi connectivity index (χ3v) is 12.3. The fourth-order valence-electron chi connectivity index (χ4n) is 3.59. The number of hydrogen-bond acceptors (Lipinski definition) is 5. The van der Waals surface area contributed by atoms with Crippen molar-refractivity contribution in [2.24, 2.45) is 0 Å². The van der Waals surface area contributed by atoms with E-state index in [2.05, 4.69) is 33.9 Å². The molecule has 0 saturated carbocycles. The molecule has 0 bridgehead atoms. The quantitative estimate of drug-likeness (QED) is 0.362. The molecule has 5 nitrogen and oxygen atoms in total. The van der Waals surface area contributed by atoms with E-state index in [1.54, 1.807) is 24.3 Å². The summed E-state index contributed by atoms with van der Waals surface area (Å²) in [5, 5.41) is 0.0916. The monoisotopic (exact) mass is 476 g/mol. The zero-order chi connectivity index (χ0) is 23.6. The fraction of sp³-hybridized carbons (Fsp3) is 0.520. The van der Waals surface area contributed by atoms with Crippen LogP contribution in [0.1, 0.15) is 50.8 Å². The molecule has 3 rings (SSSR count). The van der Waals surface area contributed by atoms with Gasteiger partial charge in [-0.3, -0.25) is 4.18 Å². The van der Waals surface area contributed by atoms with Crippen molar-refractivity contribution in [3.8, 4) is 0 Å². The number of benzene rings is 2. The summed E-state index contributed by atoms with van der Waals surface area (Å²) >= 11 is 0. The van der Waals surface area contributed by atoms with Crippen LogP contribution in [0.2, 0.25) is 18.1 Å². The molecule has 0 amide bonds. The van der Waals surface area contributed by atoms with Gasteiger partial charge in [0.2, 0.25) is 0 Å². The van der Waals surface area contributed by atoms with E-state index in [1.165, 1.54) is 0 Å². The summed E-state index contributed by atoms with van der Waals surface area (Å²) in [7, 11) is -5.83. The average Bonchev–Trinajstić information content (AvgIpc) is 2.72. The summed E-state index contributed by atoms with van der Waals surface area (Å²) in [6.45, 7) is 13.0. The van der Waals surface area contributed by atoms with Crippen molar-refractivity contribution in [3.63, 3.8) is 0 Å². The number of ether oxygens (including phenoxy) is 1. The van der Waals surface area contributed by atoms with Gasteiger partial charge in [0.05, 0.1) is 29.8 Å². The molecule has 0 aliphatic carbocycles. The molecule has 1 saturated heterocycles. The van der Waals surface area contributed by atoms with Crippen LogP contribution >= 0.6 is 0 Å². The summed E-state index contributed by atoms with van der Waals surface area (Å²) in [6.07, 6.45) is 0.821. The van der Waals surface area contributed by atoms with Crippen LogP contribution in [-0.4, -0.2) is 35.6 Å². The van der Waals surface area contributed by atoms with Crippen molar-refractivity contribution < 1.29 is 21.8 Å². The smallest absolute Gasteiger partial charge is 0.297 e. The number of hydrogen-bond donors (Lipinski definition) is 0. The Morgan fingerprint density at radius 2 is 1.62 bits per heavy atom. The van der Waals surface area contributed by atoms with E-state index in [0.29, 0.717) is 6.42 Å². The van der Waals surface area contributed by atoms with Crippen molar-refractivity contribution in [1.82, 2.24) is 0 Å². The first kappa shape index (κ1) is 25.1. The van der Waals surface area contributed by atoms with E-state index >= 15 is 0 Å². The lowest BCUT2D eigenvalue weighted by molar-refractivity contribution is -0.106. The molecule has 1 aliphatic rings. The maximum Gasteiger partial charge on any atom is 0.297 e. The lowest BCUT2D eigenvalue weighted by Gasteiger charge is -2.43. The maximum atomic E-state index is 12.7. The van der Waals surface area contributed by atoms with E-state index in [1.807, 2.05) is 37.3 Å². The minimum Gasteiger partial charge on any atom is -0.414 e. The molecule has 176 valence electrons. The van der Waals surface area contributed by atoms with E-state index in [9.17, 15) is 8.42 Å². The summed E-state index contributed by atoms with van der Waals surface area (Å²) in [5.41, 5.74) is 2.07. The second-order valence-corrected chi connectivity index (χ2v) is 16.6. The van der Waals surface area contributed by atoms with Crippen LogP contribution < -0.4 is 0 Å². The predicted molar refractivity (Wildman–Crippen MR) is 130 cm³/mol. The van der Waals surface area contributed by atoms with E-state index in [4.69, 9.17) is 13.3 Å². The Hall–Kier alpha value is -1.51. The molecule has 2 aromatic rings. The Kier molecular flexibility index (Phi) is 7.67. The first-order valence-electron chi connectivity index (χ1n) is 11.2. The molecule has 0 aromatic heterocycles. The van der Waals surface area contributed by atoms with Crippen molar-refractivity contribution in [2.75, 3.05) is 6.61 Å². The van der Waals surface area contributed by atoms with Gasteiger partial charge in [0.15, 0.2) is 8.32 Å². The lowest BCUT2D eigenvalue weighted by Crippen LogP contribution is -2.47. The molecule has 0 spiro atoms. The van der Waals surface area contributed by atoms with Gasteiger partial charge in [0.1, 0.15) is 0 Å². The van der Waals surface area contributed by atoms with Gasteiger partial charge in [-0.2, -0.15) is 8.42 Å². The normalized spacial score (nSPS) is 22.6. The molecule has 0 radical (unpaired) electrons. The average molecular weight is 477 g/mol. The number of rotatable bonds is 7. The van der Waals surface area contributed by atoms with Crippen LogP contribution in [0.3, 0.4) is 0 Å². The van der Waals surface area contributed by atoms with Crippen LogP contribution in [0.25, 0.3) is 0 Å². The van der Waals surface area contributed by atoms with Crippen LogP contribution in [-0.2, 0) is 23.5 Å². The van der Waals surface area contributed by atoms with Crippen LogP contribution in [0.15, 0.2) is 59.5 Å². The van der Waals surface area contributed by atoms with Crippen molar-refractivity contribution in [3.05, 3.63) is 65.7 Å². The van der Waals surface area contributed by atoms with Crippen molar-refractivity contribution >= 4 is 18.4 Å². The van der Waals surface area contributed by atoms with Gasteiger partial charge in [0, 0.05) is 12.8 Å². The Morgan fingerprint density at radius 1 is 1.00 bits per heavy atom. The van der Waals surface area contributed by atoms with Crippen LogP contribution in [0.5, 0.6) is 0 Å². The molecular weight excluding hydrogens is 440 g/mol. The zero-order valence-electron chi connectivity index (χ0n) is 20.0. The molecule has 1 fully saturated rings. The van der Waals surface area contributed by atoms with Crippen LogP contribution in [0, 0.1) is 6.92 Å². The standard InChI is InChI=1S/C25H36O5SSi/c1-19-12-14-23(15-13-19)31(26,27)28-18-22-16-21(30-32(5,6)25(2,3)4)17-24(29-22)20-10-8-7-9-11-20/h7-15,21-22,24H,16-18H2,1-6H3/t21-,22-,24+/m1/s1. The molecular formula is C25H36O5SSi. The van der Waals surface area contributed by atoms with E-state index < -0.39 is 18.4 Å². The van der Waals surface area contributed by atoms with Crippen molar-refractivity contribution in [1.29, 1.82) is 0 Å². The molecule has 32 heavy (non-hydrogen) atoms. The van der Waals surface area contributed by atoms with Gasteiger partial charge in [-0.1, -0.05) is 68.8 Å². The molecule has 3 atom stereocenters. The second-order valence-electron chi connectivity index (χ2n) is 10.2. The highest BCUT2D eigenvalue weighted by Gasteiger charge is 2.42. The van der Waals surface area contributed by atoms with E-state index in [-0.39, 0.29) is 34.9 Å². The lowest BCUT2D eigenvalue weighted by atomic mass is 9.96. The van der Waals surface area contributed by atoms with Gasteiger partial charge in [-0.15, -0.1) is 0 Å². The molecule has 0 unspecified atom stereocenters. The van der Waals surface area contributed by atoms with Gasteiger partial charge in [-0.25, -0.2) is 0 Å². The van der Waals surface area contributed by atoms with Crippen LogP contribution in [0.4, 0.5) is 0 Å². The topological polar surface area (TPSA) is 61.8 Å². The predicted octanol–water partition coefficient (Wildman–Crippen LogP) is 6.01. The highest BCUT2D eigenvalue weighted by Crippen LogP contribution is 2.41. The van der Waals surface area contributed by atoms with Gasteiger partial charge < -0.3 is 9.16 Å². The Morgan fingerprint density at radius 3 is 2.22 bits per heavy atom. The Bertz CT molecular complexity index is 981. The Balaban J connectivity index is 1.75. The summed E-state index contributed by atoms with van der Waals surface area (Å²) in [5.74, 6) is 0. The number of aryl methyl sites for hydroxylation is 1. The minimum atomic E-state index is -3.85. The van der Waals surface area contributed by atoms with E-state index in [0.717, 1.165) is 17.5 Å². The molecule has 1 heterocycles. The molecule has 0 N–H and O–H groups in total. The molecule has 7 heteroatoms. The highest BCUT2D eigenvalue weighted by atomic mass is 32.2. The minimum absolute atomic E-state index is 0.00877. The van der Waals surface area contributed by atoms with Gasteiger partial charge in [0.25, 0.3) is 10.1 Å². The third kappa shape index (κ3) is 6.29. The summed E-state index contributed by atoms with van der Waals surface area (Å²) in [4.78, 5) is 0.160. The molecule has 1 aliphatic heterocycles. The third-order valence-electron chi connectivity index (χ3n) is 6.52. The largest absolute Gasteiger partial charge is 0.414 e. The first-order valence-corrected chi connectivity index (χ1v) is 15.5. The fourth-order valence-corrected chi connectivity index (χ4v) is 5.91. The molecule has 2 aromatic carbocycles. The SMILES string of the molecule is Cc1ccc(S(=O)(=O)OC[C@H]2C[C@@H](O[Si](C)(C)C(C)(C)C)C[C@@H](c3ccccc3)O2)cc1. The van der Waals surface area contributed by atoms with Gasteiger partial charge in [-0.05, 0) is 42.8 Å².